The predicted octanol–water partition coefficient (Wildman–Crippen LogP) is 6.88. The third kappa shape index (κ3) is 6.42. The molecule has 1 aliphatic heterocycles. The summed E-state index contributed by atoms with van der Waals surface area (Å²) >= 11 is 1.17. The van der Waals surface area contributed by atoms with E-state index in [1.807, 2.05) is 60.7 Å². The SMILES string of the molecule is CCC(C1=C(O)CC(CCc2ccccc2)(CCc2ccccc2)OC1=O)N(c1ccccc1)S(=O)(=O)c1cscn1. The molecule has 1 unspecified atom stereocenters. The normalized spacial score (nSPS) is 15.7. The van der Waals surface area contributed by atoms with Crippen LogP contribution in [-0.4, -0.2) is 36.1 Å². The van der Waals surface area contributed by atoms with Crippen LogP contribution in [-0.2, 0) is 32.4 Å². The minimum atomic E-state index is -4.16. The van der Waals surface area contributed by atoms with E-state index in [4.69, 9.17) is 4.74 Å². The Bertz CT molecular complexity index is 1560. The van der Waals surface area contributed by atoms with E-state index in [-0.39, 0.29) is 29.2 Å². The number of sulfonamides is 1. The van der Waals surface area contributed by atoms with Crippen LogP contribution in [0, 0.1) is 0 Å². The minimum Gasteiger partial charge on any atom is -0.512 e. The van der Waals surface area contributed by atoms with Crippen molar-refractivity contribution in [1.29, 1.82) is 0 Å². The maximum Gasteiger partial charge on any atom is 0.340 e. The summed E-state index contributed by atoms with van der Waals surface area (Å²) in [6.45, 7) is 1.79. The van der Waals surface area contributed by atoms with Crippen LogP contribution >= 0.6 is 11.3 Å². The van der Waals surface area contributed by atoms with Crippen LogP contribution in [0.5, 0.6) is 0 Å². The Labute approximate surface area is 251 Å². The van der Waals surface area contributed by atoms with E-state index in [1.165, 1.54) is 26.5 Å². The summed E-state index contributed by atoms with van der Waals surface area (Å²) in [5, 5.41) is 13.0. The first-order chi connectivity index (χ1) is 20.3. The first-order valence-electron chi connectivity index (χ1n) is 14.0. The van der Waals surface area contributed by atoms with Gasteiger partial charge in [0.1, 0.15) is 11.4 Å². The molecule has 0 saturated carbocycles. The number of hydrogen-bond acceptors (Lipinski definition) is 7. The molecule has 0 radical (unpaired) electrons. The van der Waals surface area contributed by atoms with Gasteiger partial charge in [-0.3, -0.25) is 4.31 Å². The first-order valence-corrected chi connectivity index (χ1v) is 16.4. The number of aliphatic hydroxyl groups is 1. The summed E-state index contributed by atoms with van der Waals surface area (Å²) in [4.78, 5) is 18.0. The highest BCUT2D eigenvalue weighted by Gasteiger charge is 2.46. The Hall–Kier alpha value is -3.95. The molecule has 7 nitrogen and oxygen atoms in total. The average molecular weight is 603 g/mol. The molecule has 9 heteroatoms. The molecule has 0 spiro atoms. The largest absolute Gasteiger partial charge is 0.512 e. The van der Waals surface area contributed by atoms with Crippen molar-refractivity contribution in [3.05, 3.63) is 124 Å². The lowest BCUT2D eigenvalue weighted by molar-refractivity contribution is -0.161. The average Bonchev–Trinajstić information content (AvgIpc) is 3.56. The van der Waals surface area contributed by atoms with E-state index in [9.17, 15) is 18.3 Å². The maximum absolute atomic E-state index is 13.9. The molecule has 1 atom stereocenters. The number of benzene rings is 3. The smallest absolute Gasteiger partial charge is 0.340 e. The molecule has 1 aromatic heterocycles. The van der Waals surface area contributed by atoms with Gasteiger partial charge in [-0.15, -0.1) is 11.3 Å². The summed E-state index contributed by atoms with van der Waals surface area (Å²) in [5.74, 6) is -0.824. The molecule has 0 saturated heterocycles. The predicted molar refractivity (Wildman–Crippen MR) is 165 cm³/mol. The zero-order chi connectivity index (χ0) is 29.6. The van der Waals surface area contributed by atoms with Crippen LogP contribution in [0.4, 0.5) is 5.69 Å². The number of anilines is 1. The van der Waals surface area contributed by atoms with Crippen molar-refractivity contribution >= 4 is 33.0 Å². The van der Waals surface area contributed by atoms with Crippen molar-refractivity contribution in [1.82, 2.24) is 4.98 Å². The van der Waals surface area contributed by atoms with Crippen LogP contribution in [0.25, 0.3) is 0 Å². The number of ether oxygens (including phenoxy) is 1. The van der Waals surface area contributed by atoms with Crippen molar-refractivity contribution in [2.45, 2.75) is 62.1 Å². The lowest BCUT2D eigenvalue weighted by Crippen LogP contribution is -2.48. The molecule has 0 fully saturated rings. The van der Waals surface area contributed by atoms with Crippen LogP contribution < -0.4 is 4.31 Å². The van der Waals surface area contributed by atoms with Crippen LogP contribution in [0.2, 0.25) is 0 Å². The number of para-hydroxylation sites is 1. The number of aliphatic hydroxyl groups excluding tert-OH is 1. The van der Waals surface area contributed by atoms with E-state index in [1.54, 1.807) is 37.3 Å². The maximum atomic E-state index is 13.9. The first kappa shape index (κ1) is 29.5. The van der Waals surface area contributed by atoms with Crippen molar-refractivity contribution in [2.24, 2.45) is 0 Å². The zero-order valence-corrected chi connectivity index (χ0v) is 25.1. The lowest BCUT2D eigenvalue weighted by Gasteiger charge is -2.41. The summed E-state index contributed by atoms with van der Waals surface area (Å²) < 4.78 is 35.3. The fourth-order valence-electron chi connectivity index (χ4n) is 5.55. The molecule has 0 aliphatic carbocycles. The standard InChI is InChI=1S/C33H34N2O5S2/c1-2-28(35(27-16-10-5-11-17-27)42(38,39)30-23-41-24-34-30)31-29(36)22-33(40-32(31)37,20-18-25-12-6-3-7-13-25)21-19-26-14-8-4-9-15-26/h3-17,23-24,28,36H,2,18-22H2,1H3. The third-order valence-corrected chi connectivity index (χ3v) is 10.2. The van der Waals surface area contributed by atoms with E-state index in [2.05, 4.69) is 4.98 Å². The number of nitrogens with zero attached hydrogens (tertiary/aromatic N) is 2. The summed E-state index contributed by atoms with van der Waals surface area (Å²) in [7, 11) is -4.16. The highest BCUT2D eigenvalue weighted by atomic mass is 32.2. The zero-order valence-electron chi connectivity index (χ0n) is 23.4. The Morgan fingerprint density at radius 3 is 1.95 bits per heavy atom. The highest BCUT2D eigenvalue weighted by Crippen LogP contribution is 2.40. The van der Waals surface area contributed by atoms with Gasteiger partial charge in [-0.2, -0.15) is 8.42 Å². The number of esters is 1. The number of carbonyl (C=O) groups is 1. The monoisotopic (exact) mass is 602 g/mol. The van der Waals surface area contributed by atoms with Crippen LogP contribution in [0.1, 0.15) is 43.7 Å². The molecule has 2 heterocycles. The number of aryl methyl sites for hydroxylation is 2. The summed E-state index contributed by atoms with van der Waals surface area (Å²) in [5.41, 5.74) is 3.07. The van der Waals surface area contributed by atoms with Gasteiger partial charge in [-0.05, 0) is 55.4 Å². The van der Waals surface area contributed by atoms with Crippen LogP contribution in [0.3, 0.4) is 0 Å². The number of cyclic esters (lactones) is 1. The van der Waals surface area contributed by atoms with Crippen LogP contribution in [0.15, 0.2) is 118 Å². The van der Waals surface area contributed by atoms with Gasteiger partial charge in [0.2, 0.25) is 0 Å². The van der Waals surface area contributed by atoms with E-state index in [0.29, 0.717) is 31.4 Å². The molecule has 3 aromatic carbocycles. The van der Waals surface area contributed by atoms with Gasteiger partial charge in [0.05, 0.1) is 22.8 Å². The van der Waals surface area contributed by atoms with E-state index in [0.717, 1.165) is 11.1 Å². The number of hydrogen-bond donors (Lipinski definition) is 1. The molecular weight excluding hydrogens is 569 g/mol. The Morgan fingerprint density at radius 1 is 0.929 bits per heavy atom. The quantitative estimate of drug-likeness (QED) is 0.178. The minimum absolute atomic E-state index is 0.0322. The molecule has 5 rings (SSSR count). The fraction of sp³-hybridized carbons (Fsp3) is 0.273. The molecule has 4 aromatic rings. The lowest BCUT2D eigenvalue weighted by atomic mass is 9.81. The molecule has 1 N–H and O–H groups in total. The molecule has 42 heavy (non-hydrogen) atoms. The molecular formula is C33H34N2O5S2. The topological polar surface area (TPSA) is 96.8 Å². The second-order valence-electron chi connectivity index (χ2n) is 10.5. The molecule has 0 bridgehead atoms. The van der Waals surface area contributed by atoms with Gasteiger partial charge >= 0.3 is 5.97 Å². The van der Waals surface area contributed by atoms with Crippen molar-refractivity contribution in [3.8, 4) is 0 Å². The van der Waals surface area contributed by atoms with Gasteiger partial charge in [-0.1, -0.05) is 85.8 Å². The second kappa shape index (κ2) is 12.9. The molecule has 218 valence electrons. The number of rotatable bonds is 12. The van der Waals surface area contributed by atoms with E-state index < -0.39 is 27.6 Å². The van der Waals surface area contributed by atoms with Crippen molar-refractivity contribution in [2.75, 3.05) is 4.31 Å². The van der Waals surface area contributed by atoms with Crippen molar-refractivity contribution < 1.29 is 23.1 Å². The van der Waals surface area contributed by atoms with Gasteiger partial charge in [-0.25, -0.2) is 9.78 Å². The number of carbonyl (C=O) groups excluding carboxylic acids is 1. The van der Waals surface area contributed by atoms with E-state index >= 15 is 0 Å². The fourth-order valence-corrected chi connectivity index (χ4v) is 8.06. The van der Waals surface area contributed by atoms with Gasteiger partial charge in [0, 0.05) is 11.8 Å². The summed E-state index contributed by atoms with van der Waals surface area (Å²) in [6, 6.07) is 27.5. The number of aromatic nitrogens is 1. The number of thiazole rings is 1. The Kier molecular flexibility index (Phi) is 9.09. The third-order valence-electron chi connectivity index (χ3n) is 7.70. The summed E-state index contributed by atoms with van der Waals surface area (Å²) in [6.07, 6.45) is 2.69. The highest BCUT2D eigenvalue weighted by molar-refractivity contribution is 7.92. The van der Waals surface area contributed by atoms with Crippen molar-refractivity contribution in [3.63, 3.8) is 0 Å². The Morgan fingerprint density at radius 2 is 1.48 bits per heavy atom. The molecule has 0 amide bonds. The Balaban J connectivity index is 1.52. The van der Waals surface area contributed by atoms with Gasteiger partial charge in [0.15, 0.2) is 5.03 Å². The van der Waals surface area contributed by atoms with Gasteiger partial charge < -0.3 is 9.84 Å². The second-order valence-corrected chi connectivity index (χ2v) is 12.9. The molecule has 1 aliphatic rings. The van der Waals surface area contributed by atoms with Gasteiger partial charge in [0.25, 0.3) is 10.0 Å².